The van der Waals surface area contributed by atoms with Crippen LogP contribution in [-0.4, -0.2) is 18.8 Å². The Morgan fingerprint density at radius 1 is 1.38 bits per heavy atom. The van der Waals surface area contributed by atoms with E-state index < -0.39 is 0 Å². The van der Waals surface area contributed by atoms with Crippen molar-refractivity contribution in [3.8, 4) is 0 Å². The third-order valence-electron chi connectivity index (χ3n) is 1.74. The molecule has 1 heterocycles. The van der Waals surface area contributed by atoms with Gasteiger partial charge in [-0.15, -0.1) is 0 Å². The van der Waals surface area contributed by atoms with Crippen molar-refractivity contribution in [3.05, 3.63) is 23.8 Å². The van der Waals surface area contributed by atoms with Crippen LogP contribution in [-0.2, 0) is 0 Å². The lowest BCUT2D eigenvalue weighted by Crippen LogP contribution is -2.29. The maximum atomic E-state index is 7.58. The molecular formula is C11H20N2. The minimum Gasteiger partial charge on any atom is -0.312 e. The lowest BCUT2D eigenvalue weighted by atomic mass is 10.0. The second-order valence-electron chi connectivity index (χ2n) is 2.62. The van der Waals surface area contributed by atoms with E-state index in [0.717, 1.165) is 30.8 Å². The Labute approximate surface area is 81.2 Å². The molecule has 1 aliphatic heterocycles. The van der Waals surface area contributed by atoms with Crippen molar-refractivity contribution in [1.29, 1.82) is 5.41 Å². The average Bonchev–Trinajstić information content (AvgIpc) is 2.20. The summed E-state index contributed by atoms with van der Waals surface area (Å²) in [6.45, 7) is 7.78. The molecule has 13 heavy (non-hydrogen) atoms. The monoisotopic (exact) mass is 180 g/mol. The summed E-state index contributed by atoms with van der Waals surface area (Å²) in [5.74, 6) is 0. The van der Waals surface area contributed by atoms with Crippen LogP contribution in [0.1, 0.15) is 27.2 Å². The van der Waals surface area contributed by atoms with Crippen LogP contribution in [0.25, 0.3) is 0 Å². The molecule has 0 radical (unpaired) electrons. The maximum absolute atomic E-state index is 7.58. The first-order chi connectivity index (χ1) is 6.34. The zero-order chi connectivity index (χ0) is 10.1. The predicted molar refractivity (Wildman–Crippen MR) is 59.5 cm³/mol. The van der Waals surface area contributed by atoms with Gasteiger partial charge in [-0.2, -0.15) is 0 Å². The molecule has 2 heteroatoms. The Kier molecular flexibility index (Phi) is 7.21. The highest BCUT2D eigenvalue weighted by atomic mass is 14.9. The van der Waals surface area contributed by atoms with Gasteiger partial charge in [-0.3, -0.25) is 0 Å². The molecule has 0 saturated carbocycles. The lowest BCUT2D eigenvalue weighted by Gasteiger charge is -2.15. The minimum atomic E-state index is 0.779. The molecule has 0 aromatic carbocycles. The van der Waals surface area contributed by atoms with E-state index in [9.17, 15) is 0 Å². The van der Waals surface area contributed by atoms with Gasteiger partial charge in [0, 0.05) is 25.2 Å². The number of nitrogens with one attached hydrogen (secondary N) is 2. The van der Waals surface area contributed by atoms with E-state index in [1.54, 1.807) is 0 Å². The van der Waals surface area contributed by atoms with Gasteiger partial charge in [-0.25, -0.2) is 0 Å². The van der Waals surface area contributed by atoms with E-state index in [1.165, 1.54) is 0 Å². The van der Waals surface area contributed by atoms with Gasteiger partial charge in [0.25, 0.3) is 0 Å². The number of hydrogen-bond acceptors (Lipinski definition) is 2. The maximum Gasteiger partial charge on any atom is 0.0371 e. The van der Waals surface area contributed by atoms with Crippen LogP contribution >= 0.6 is 0 Å². The van der Waals surface area contributed by atoms with Crippen LogP contribution in [0.5, 0.6) is 0 Å². The molecule has 1 rings (SSSR count). The molecule has 74 valence electrons. The lowest BCUT2D eigenvalue weighted by molar-refractivity contribution is 0.728. The fraction of sp³-hybridized carbons (Fsp3) is 0.545. The number of rotatable bonds is 1. The highest BCUT2D eigenvalue weighted by Gasteiger charge is 2.08. The van der Waals surface area contributed by atoms with Crippen molar-refractivity contribution >= 4 is 5.71 Å². The largest absolute Gasteiger partial charge is 0.312 e. The minimum absolute atomic E-state index is 0.779. The third kappa shape index (κ3) is 4.63. The smallest absolute Gasteiger partial charge is 0.0371 e. The molecule has 0 amide bonds. The summed E-state index contributed by atoms with van der Waals surface area (Å²) in [5.41, 5.74) is 1.90. The van der Waals surface area contributed by atoms with E-state index in [4.69, 9.17) is 5.41 Å². The normalized spacial score (nSPS) is 20.2. The van der Waals surface area contributed by atoms with Crippen molar-refractivity contribution in [2.24, 2.45) is 0 Å². The van der Waals surface area contributed by atoms with Gasteiger partial charge in [0.15, 0.2) is 0 Å². The highest BCUT2D eigenvalue weighted by Crippen LogP contribution is 2.04. The first-order valence-electron chi connectivity index (χ1n) is 4.95. The number of allylic oxidation sites excluding steroid dienone is 3. The number of hydrogen-bond donors (Lipinski definition) is 2. The molecule has 2 N–H and O–H groups in total. The van der Waals surface area contributed by atoms with Crippen LogP contribution in [0.3, 0.4) is 0 Å². The Hall–Kier alpha value is -0.890. The van der Waals surface area contributed by atoms with E-state index in [2.05, 4.69) is 5.32 Å². The van der Waals surface area contributed by atoms with Crippen LogP contribution in [0, 0.1) is 5.41 Å². The van der Waals surface area contributed by atoms with Crippen LogP contribution in [0.15, 0.2) is 23.8 Å². The summed E-state index contributed by atoms with van der Waals surface area (Å²) in [7, 11) is 0. The van der Waals surface area contributed by atoms with Crippen LogP contribution < -0.4 is 5.32 Å². The molecule has 0 aromatic heterocycles. The summed E-state index contributed by atoms with van der Waals surface area (Å²) < 4.78 is 0. The predicted octanol–water partition coefficient (Wildman–Crippen LogP) is 2.53. The first kappa shape index (κ1) is 12.1. The fourth-order valence-electron chi connectivity index (χ4n) is 1.08. The van der Waals surface area contributed by atoms with E-state index in [1.807, 2.05) is 39.0 Å². The highest BCUT2D eigenvalue weighted by molar-refractivity contribution is 5.99. The Bertz CT molecular complexity index is 202. The SMILES string of the molecule is C/C=C/C=C1/CNCCC1=N.CC. The van der Waals surface area contributed by atoms with E-state index >= 15 is 0 Å². The van der Waals surface area contributed by atoms with Crippen molar-refractivity contribution in [3.63, 3.8) is 0 Å². The van der Waals surface area contributed by atoms with Crippen LogP contribution in [0.2, 0.25) is 0 Å². The second-order valence-corrected chi connectivity index (χ2v) is 2.62. The summed E-state index contributed by atoms with van der Waals surface area (Å²) >= 11 is 0. The molecule has 1 saturated heterocycles. The van der Waals surface area contributed by atoms with Crippen molar-refractivity contribution < 1.29 is 0 Å². The van der Waals surface area contributed by atoms with Crippen molar-refractivity contribution in [2.45, 2.75) is 27.2 Å². The topological polar surface area (TPSA) is 35.9 Å². The van der Waals surface area contributed by atoms with Gasteiger partial charge < -0.3 is 10.7 Å². The molecule has 0 spiro atoms. The molecular weight excluding hydrogens is 160 g/mol. The van der Waals surface area contributed by atoms with E-state index in [0.29, 0.717) is 0 Å². The van der Waals surface area contributed by atoms with Gasteiger partial charge in [0.1, 0.15) is 0 Å². The Morgan fingerprint density at radius 3 is 2.62 bits per heavy atom. The summed E-state index contributed by atoms with van der Waals surface area (Å²) in [5, 5.41) is 10.8. The number of piperidine rings is 1. The van der Waals surface area contributed by atoms with Crippen molar-refractivity contribution in [1.82, 2.24) is 5.32 Å². The Morgan fingerprint density at radius 2 is 2.08 bits per heavy atom. The van der Waals surface area contributed by atoms with Gasteiger partial charge in [0.05, 0.1) is 0 Å². The molecule has 1 fully saturated rings. The van der Waals surface area contributed by atoms with Gasteiger partial charge in [0.2, 0.25) is 0 Å². The Balaban J connectivity index is 0.000000671. The fourth-order valence-corrected chi connectivity index (χ4v) is 1.08. The molecule has 0 aromatic rings. The van der Waals surface area contributed by atoms with Crippen molar-refractivity contribution in [2.75, 3.05) is 13.1 Å². The molecule has 2 nitrogen and oxygen atoms in total. The summed E-state index contributed by atoms with van der Waals surface area (Å²) in [4.78, 5) is 0. The standard InChI is InChI=1S/C9H14N2.C2H6/c1-2-3-4-8-7-11-6-5-9(8)10;1-2/h2-4,10-11H,5-7H2,1H3;1-2H3/b3-2+,8-4-,10-9?;. The molecule has 1 aliphatic rings. The quantitative estimate of drug-likeness (QED) is 0.639. The molecule has 0 atom stereocenters. The van der Waals surface area contributed by atoms with E-state index in [-0.39, 0.29) is 0 Å². The van der Waals surface area contributed by atoms with Gasteiger partial charge in [-0.05, 0) is 12.5 Å². The van der Waals surface area contributed by atoms with Gasteiger partial charge >= 0.3 is 0 Å². The van der Waals surface area contributed by atoms with Crippen LogP contribution in [0.4, 0.5) is 0 Å². The average molecular weight is 180 g/mol. The zero-order valence-electron chi connectivity index (χ0n) is 8.85. The second kappa shape index (κ2) is 7.74. The molecule has 0 aliphatic carbocycles. The summed E-state index contributed by atoms with van der Waals surface area (Å²) in [6.07, 6.45) is 6.84. The zero-order valence-corrected chi connectivity index (χ0v) is 8.85. The molecule has 0 unspecified atom stereocenters. The first-order valence-corrected chi connectivity index (χ1v) is 4.95. The van der Waals surface area contributed by atoms with Gasteiger partial charge in [-0.1, -0.05) is 32.1 Å². The summed E-state index contributed by atoms with van der Waals surface area (Å²) in [6, 6.07) is 0. The third-order valence-corrected chi connectivity index (χ3v) is 1.74. The molecule has 0 bridgehead atoms.